The molecule has 0 radical (unpaired) electrons. The Kier molecular flexibility index (Phi) is 6.97. The molecule has 2 rings (SSSR count). The van der Waals surface area contributed by atoms with E-state index in [9.17, 15) is 20.1 Å². The molecule has 2 aromatic rings. The van der Waals surface area contributed by atoms with Crippen LogP contribution in [0.5, 0.6) is 0 Å². The lowest BCUT2D eigenvalue weighted by Crippen LogP contribution is -2.58. The van der Waals surface area contributed by atoms with Gasteiger partial charge in [-0.15, -0.1) is 0 Å². The van der Waals surface area contributed by atoms with Gasteiger partial charge < -0.3 is 9.47 Å². The Balaban J connectivity index is 3.01. The zero-order chi connectivity index (χ0) is 22.4. The molecule has 0 aliphatic rings. The van der Waals surface area contributed by atoms with Crippen LogP contribution in [0.15, 0.2) is 48.5 Å². The smallest absolute Gasteiger partial charge is 0.333 e. The number of carbonyl (C=O) groups excluding carboxylic acids is 2. The SMILES string of the molecule is CCOC(=O)C(C#N)(c1ccc(C)cc1)C(C#N)(C(=O)OCC)c1ccc(C)cc1. The molecule has 0 spiro atoms. The van der Waals surface area contributed by atoms with Gasteiger partial charge in [-0.25, -0.2) is 9.59 Å². The monoisotopic (exact) mass is 404 g/mol. The lowest BCUT2D eigenvalue weighted by Gasteiger charge is -2.38. The summed E-state index contributed by atoms with van der Waals surface area (Å²) in [5, 5.41) is 20.8. The summed E-state index contributed by atoms with van der Waals surface area (Å²) >= 11 is 0. The van der Waals surface area contributed by atoms with Crippen molar-refractivity contribution in [3.8, 4) is 12.1 Å². The van der Waals surface area contributed by atoms with Crippen molar-refractivity contribution < 1.29 is 19.1 Å². The van der Waals surface area contributed by atoms with Crippen LogP contribution < -0.4 is 0 Å². The van der Waals surface area contributed by atoms with E-state index in [0.29, 0.717) is 0 Å². The largest absolute Gasteiger partial charge is 0.464 e. The van der Waals surface area contributed by atoms with Gasteiger partial charge in [-0.1, -0.05) is 59.7 Å². The third kappa shape index (κ3) is 3.53. The van der Waals surface area contributed by atoms with Crippen molar-refractivity contribution in [1.29, 1.82) is 10.5 Å². The van der Waals surface area contributed by atoms with Crippen LogP contribution in [0.25, 0.3) is 0 Å². The number of esters is 2. The van der Waals surface area contributed by atoms with Crippen LogP contribution in [0.4, 0.5) is 0 Å². The highest BCUT2D eigenvalue weighted by Crippen LogP contribution is 2.46. The van der Waals surface area contributed by atoms with E-state index < -0.39 is 22.8 Å². The third-order valence-corrected chi connectivity index (χ3v) is 5.03. The molecular weight excluding hydrogens is 380 g/mol. The fourth-order valence-electron chi connectivity index (χ4n) is 3.45. The topological polar surface area (TPSA) is 100 Å². The second kappa shape index (κ2) is 9.24. The van der Waals surface area contributed by atoms with E-state index in [2.05, 4.69) is 0 Å². The van der Waals surface area contributed by atoms with Crippen LogP contribution in [0.3, 0.4) is 0 Å². The number of hydrogen-bond donors (Lipinski definition) is 0. The van der Waals surface area contributed by atoms with Crippen LogP contribution in [-0.2, 0) is 29.9 Å². The number of ether oxygens (including phenoxy) is 2. The Hall–Kier alpha value is -3.64. The van der Waals surface area contributed by atoms with Gasteiger partial charge in [0.05, 0.1) is 25.4 Å². The molecule has 6 heteroatoms. The van der Waals surface area contributed by atoms with E-state index in [4.69, 9.17) is 9.47 Å². The highest BCUT2D eigenvalue weighted by atomic mass is 16.5. The van der Waals surface area contributed by atoms with Crippen molar-refractivity contribution in [3.63, 3.8) is 0 Å². The minimum absolute atomic E-state index is 0.0215. The first-order chi connectivity index (χ1) is 14.3. The summed E-state index contributed by atoms with van der Waals surface area (Å²) in [7, 11) is 0. The van der Waals surface area contributed by atoms with E-state index in [-0.39, 0.29) is 24.3 Å². The molecule has 2 atom stereocenters. The first-order valence-electron chi connectivity index (χ1n) is 9.65. The normalized spacial score (nSPS) is 14.3. The zero-order valence-corrected chi connectivity index (χ0v) is 17.6. The van der Waals surface area contributed by atoms with Crippen LogP contribution in [0.1, 0.15) is 36.1 Å². The predicted octanol–water partition coefficient (Wildman–Crippen LogP) is 3.65. The molecule has 6 nitrogen and oxygen atoms in total. The van der Waals surface area contributed by atoms with E-state index in [1.165, 1.54) is 0 Å². The molecule has 0 aromatic heterocycles. The summed E-state index contributed by atoms with van der Waals surface area (Å²) < 4.78 is 10.5. The molecule has 0 saturated heterocycles. The molecule has 0 aliphatic carbocycles. The maximum Gasteiger partial charge on any atom is 0.333 e. The van der Waals surface area contributed by atoms with Crippen molar-refractivity contribution in [2.75, 3.05) is 13.2 Å². The lowest BCUT2D eigenvalue weighted by atomic mass is 9.57. The van der Waals surface area contributed by atoms with E-state index in [1.807, 2.05) is 26.0 Å². The highest BCUT2D eigenvalue weighted by molar-refractivity contribution is 6.02. The fourth-order valence-corrected chi connectivity index (χ4v) is 3.45. The molecule has 0 aliphatic heterocycles. The first kappa shape index (κ1) is 22.6. The van der Waals surface area contributed by atoms with Crippen molar-refractivity contribution >= 4 is 11.9 Å². The van der Waals surface area contributed by atoms with Gasteiger partial charge in [-0.3, -0.25) is 0 Å². The quantitative estimate of drug-likeness (QED) is 0.653. The van der Waals surface area contributed by atoms with E-state index in [0.717, 1.165) is 11.1 Å². The van der Waals surface area contributed by atoms with Gasteiger partial charge >= 0.3 is 11.9 Å². The number of rotatable bonds is 7. The number of hydrogen-bond acceptors (Lipinski definition) is 6. The van der Waals surface area contributed by atoms with Crippen LogP contribution >= 0.6 is 0 Å². The van der Waals surface area contributed by atoms with Crippen molar-refractivity contribution in [3.05, 3.63) is 70.8 Å². The molecular formula is C24H24N2O4. The van der Waals surface area contributed by atoms with Crippen molar-refractivity contribution in [2.24, 2.45) is 0 Å². The van der Waals surface area contributed by atoms with Crippen LogP contribution in [0, 0.1) is 36.5 Å². The Labute approximate surface area is 176 Å². The maximum atomic E-state index is 13.3. The summed E-state index contributed by atoms with van der Waals surface area (Å²) in [5.41, 5.74) is -2.39. The van der Waals surface area contributed by atoms with E-state index >= 15 is 0 Å². The standard InChI is InChI=1S/C24H24N2O4/c1-5-29-21(27)23(15-25,19-11-7-17(3)8-12-19)24(16-26,22(28)30-6-2)20-13-9-18(4)10-14-20/h7-14H,5-6H2,1-4H3. The molecule has 0 amide bonds. The van der Waals surface area contributed by atoms with Gasteiger partial charge in [0, 0.05) is 0 Å². The molecule has 2 unspecified atom stereocenters. The average molecular weight is 404 g/mol. The van der Waals surface area contributed by atoms with Crippen molar-refractivity contribution in [1.82, 2.24) is 0 Å². The van der Waals surface area contributed by atoms with Crippen molar-refractivity contribution in [2.45, 2.75) is 38.5 Å². The molecule has 0 saturated carbocycles. The van der Waals surface area contributed by atoms with Gasteiger partial charge in [-0.2, -0.15) is 10.5 Å². The summed E-state index contributed by atoms with van der Waals surface area (Å²) in [6.07, 6.45) is 0. The molecule has 30 heavy (non-hydrogen) atoms. The second-order valence-electron chi connectivity index (χ2n) is 6.90. The Morgan fingerprint density at radius 1 is 0.733 bits per heavy atom. The summed E-state index contributed by atoms with van der Waals surface area (Å²) in [5.74, 6) is -1.96. The minimum atomic E-state index is -2.27. The summed E-state index contributed by atoms with van der Waals surface area (Å²) in [6, 6.07) is 17.1. The Morgan fingerprint density at radius 2 is 1.03 bits per heavy atom. The summed E-state index contributed by atoms with van der Waals surface area (Å²) in [4.78, 5) is 26.7. The molecule has 0 N–H and O–H groups in total. The van der Waals surface area contributed by atoms with Gasteiger partial charge in [0.15, 0.2) is 0 Å². The third-order valence-electron chi connectivity index (χ3n) is 5.03. The summed E-state index contributed by atoms with van der Waals surface area (Å²) in [6.45, 7) is 6.85. The minimum Gasteiger partial charge on any atom is -0.464 e. The van der Waals surface area contributed by atoms with Crippen LogP contribution in [0.2, 0.25) is 0 Å². The van der Waals surface area contributed by atoms with Gasteiger partial charge in [0.2, 0.25) is 10.8 Å². The Morgan fingerprint density at radius 3 is 1.27 bits per heavy atom. The fraction of sp³-hybridized carbons (Fsp3) is 0.333. The molecule has 154 valence electrons. The zero-order valence-electron chi connectivity index (χ0n) is 17.6. The molecule has 2 aromatic carbocycles. The Bertz CT molecular complexity index is 916. The number of aryl methyl sites for hydroxylation is 2. The van der Waals surface area contributed by atoms with Gasteiger partial charge in [0.1, 0.15) is 0 Å². The number of nitriles is 2. The lowest BCUT2D eigenvalue weighted by molar-refractivity contribution is -0.160. The number of carbonyl (C=O) groups is 2. The number of benzene rings is 2. The van der Waals surface area contributed by atoms with Gasteiger partial charge in [0.25, 0.3) is 0 Å². The maximum absolute atomic E-state index is 13.3. The molecule has 0 bridgehead atoms. The number of nitrogens with zero attached hydrogens (tertiary/aromatic N) is 2. The second-order valence-corrected chi connectivity index (χ2v) is 6.90. The predicted molar refractivity (Wildman–Crippen MR) is 110 cm³/mol. The van der Waals surface area contributed by atoms with Crippen LogP contribution in [-0.4, -0.2) is 25.2 Å². The first-order valence-corrected chi connectivity index (χ1v) is 9.65. The molecule has 0 fully saturated rings. The van der Waals surface area contributed by atoms with E-state index in [1.54, 1.807) is 62.4 Å². The highest BCUT2D eigenvalue weighted by Gasteiger charge is 2.67. The van der Waals surface area contributed by atoms with Gasteiger partial charge in [-0.05, 0) is 38.8 Å². The molecule has 0 heterocycles. The average Bonchev–Trinajstić information content (AvgIpc) is 2.74.